The number of halogens is 1. The molecule has 0 radical (unpaired) electrons. The van der Waals surface area contributed by atoms with Crippen molar-refractivity contribution in [3.8, 4) is 0 Å². The first-order chi connectivity index (χ1) is 12.2. The molecule has 0 saturated heterocycles. The van der Waals surface area contributed by atoms with Crippen LogP contribution in [-0.4, -0.2) is 28.6 Å². The van der Waals surface area contributed by atoms with Crippen molar-refractivity contribution in [2.75, 3.05) is 0 Å². The summed E-state index contributed by atoms with van der Waals surface area (Å²) in [5.74, 6) is -1.70. The lowest BCUT2D eigenvalue weighted by Gasteiger charge is -2.10. The minimum absolute atomic E-state index is 0.141. The number of aromatic amines is 1. The molecule has 0 aliphatic rings. The Morgan fingerprint density at radius 2 is 1.92 bits per heavy atom. The van der Waals surface area contributed by atoms with Crippen molar-refractivity contribution in [2.24, 2.45) is 0 Å². The molecule has 1 N–H and O–H groups in total. The molecule has 0 bridgehead atoms. The van der Waals surface area contributed by atoms with Crippen LogP contribution in [0.15, 0.2) is 30.3 Å². The van der Waals surface area contributed by atoms with Crippen LogP contribution in [0.2, 0.25) is 0 Å². The molecule has 0 unspecified atom stereocenters. The van der Waals surface area contributed by atoms with Gasteiger partial charge in [-0.2, -0.15) is 0 Å². The standard InChI is InChI=1S/C20H20FNO4/c1-11-18(13(3)23)12(2)22-19(11)20(25)14(4)26-17(24)9-8-15-6-5-7-16(21)10-15/h5-10,14,22H,1-4H3/b9-8+/t14-/m0/s1. The summed E-state index contributed by atoms with van der Waals surface area (Å²) in [5, 5.41) is 0. The highest BCUT2D eigenvalue weighted by Crippen LogP contribution is 2.20. The molecule has 0 spiro atoms. The minimum atomic E-state index is -1.03. The van der Waals surface area contributed by atoms with E-state index in [1.165, 1.54) is 38.1 Å². The maximum atomic E-state index is 13.1. The van der Waals surface area contributed by atoms with Gasteiger partial charge in [0, 0.05) is 17.3 Å². The zero-order valence-electron chi connectivity index (χ0n) is 15.1. The van der Waals surface area contributed by atoms with Crippen molar-refractivity contribution in [2.45, 2.75) is 33.8 Å². The summed E-state index contributed by atoms with van der Waals surface area (Å²) in [4.78, 5) is 39.0. The first-order valence-electron chi connectivity index (χ1n) is 8.09. The average molecular weight is 357 g/mol. The van der Waals surface area contributed by atoms with E-state index in [1.807, 2.05) is 0 Å². The van der Waals surface area contributed by atoms with Crippen LogP contribution >= 0.6 is 0 Å². The van der Waals surface area contributed by atoms with Gasteiger partial charge in [0.2, 0.25) is 5.78 Å². The second kappa shape index (κ2) is 7.91. The molecule has 1 heterocycles. The van der Waals surface area contributed by atoms with Crippen molar-refractivity contribution in [3.05, 3.63) is 64.2 Å². The highest BCUT2D eigenvalue weighted by molar-refractivity contribution is 6.05. The number of hydrogen-bond acceptors (Lipinski definition) is 4. The molecule has 0 aliphatic carbocycles. The Hall–Kier alpha value is -3.02. The Bertz CT molecular complexity index is 895. The van der Waals surface area contributed by atoms with Crippen LogP contribution < -0.4 is 0 Å². The molecule has 0 amide bonds. The first-order valence-corrected chi connectivity index (χ1v) is 8.09. The van der Waals surface area contributed by atoms with Gasteiger partial charge in [-0.25, -0.2) is 9.18 Å². The molecule has 136 valence electrons. The number of aryl methyl sites for hydroxylation is 1. The highest BCUT2D eigenvalue weighted by atomic mass is 19.1. The van der Waals surface area contributed by atoms with Crippen molar-refractivity contribution in [1.82, 2.24) is 4.98 Å². The number of carbonyl (C=O) groups is 3. The van der Waals surface area contributed by atoms with Gasteiger partial charge in [-0.1, -0.05) is 12.1 Å². The molecule has 1 aromatic heterocycles. The van der Waals surface area contributed by atoms with Gasteiger partial charge in [-0.05, 0) is 57.0 Å². The number of hydrogen-bond donors (Lipinski definition) is 1. The maximum Gasteiger partial charge on any atom is 0.331 e. The molecule has 0 aliphatic heterocycles. The number of nitrogens with one attached hydrogen (secondary N) is 1. The fourth-order valence-electron chi connectivity index (χ4n) is 2.77. The maximum absolute atomic E-state index is 13.1. The predicted octanol–water partition coefficient (Wildman–Crippen LogP) is 3.80. The lowest BCUT2D eigenvalue weighted by atomic mass is 10.0. The number of benzene rings is 1. The van der Waals surface area contributed by atoms with Gasteiger partial charge in [0.1, 0.15) is 5.82 Å². The molecule has 6 heteroatoms. The number of esters is 1. The molecule has 2 rings (SSSR count). The van der Waals surface area contributed by atoms with Crippen LogP contribution in [0, 0.1) is 19.7 Å². The molecule has 1 aromatic carbocycles. The number of carbonyl (C=O) groups excluding carboxylic acids is 3. The second-order valence-corrected chi connectivity index (χ2v) is 6.01. The molecule has 0 fully saturated rings. The molecule has 2 aromatic rings. The number of ketones is 2. The fraction of sp³-hybridized carbons (Fsp3) is 0.250. The van der Waals surface area contributed by atoms with Gasteiger partial charge in [0.15, 0.2) is 11.9 Å². The number of Topliss-reactive ketones (excluding diaryl/α,β-unsaturated/α-hetero) is 2. The van der Waals surface area contributed by atoms with E-state index in [1.54, 1.807) is 19.9 Å². The van der Waals surface area contributed by atoms with E-state index in [2.05, 4.69) is 4.98 Å². The largest absolute Gasteiger partial charge is 0.451 e. The van der Waals surface area contributed by atoms with E-state index >= 15 is 0 Å². The van der Waals surface area contributed by atoms with Crippen molar-refractivity contribution in [3.63, 3.8) is 0 Å². The van der Waals surface area contributed by atoms with E-state index < -0.39 is 23.7 Å². The van der Waals surface area contributed by atoms with Gasteiger partial charge in [0.05, 0.1) is 5.69 Å². The Balaban J connectivity index is 2.08. The second-order valence-electron chi connectivity index (χ2n) is 6.01. The fourth-order valence-corrected chi connectivity index (χ4v) is 2.77. The monoisotopic (exact) mass is 357 g/mol. The average Bonchev–Trinajstić information content (AvgIpc) is 2.86. The molecular formula is C20H20FNO4. The Kier molecular flexibility index (Phi) is 5.87. The zero-order valence-corrected chi connectivity index (χ0v) is 15.1. The van der Waals surface area contributed by atoms with Gasteiger partial charge in [0.25, 0.3) is 0 Å². The zero-order chi connectivity index (χ0) is 19.4. The van der Waals surface area contributed by atoms with Crippen LogP contribution in [-0.2, 0) is 9.53 Å². The third-order valence-electron chi connectivity index (χ3n) is 3.96. The molecule has 5 nitrogen and oxygen atoms in total. The van der Waals surface area contributed by atoms with Gasteiger partial charge in [-0.3, -0.25) is 9.59 Å². The third-order valence-corrected chi connectivity index (χ3v) is 3.96. The Morgan fingerprint density at radius 1 is 1.23 bits per heavy atom. The number of rotatable bonds is 6. The quantitative estimate of drug-likeness (QED) is 0.485. The lowest BCUT2D eigenvalue weighted by molar-refractivity contribution is -0.140. The van der Waals surface area contributed by atoms with Crippen molar-refractivity contribution >= 4 is 23.6 Å². The summed E-state index contributed by atoms with van der Waals surface area (Å²) in [6.07, 6.45) is 1.50. The molecule has 26 heavy (non-hydrogen) atoms. The molecule has 1 atom stereocenters. The van der Waals surface area contributed by atoms with Crippen LogP contribution in [0.5, 0.6) is 0 Å². The lowest BCUT2D eigenvalue weighted by Crippen LogP contribution is -2.24. The van der Waals surface area contributed by atoms with Crippen LogP contribution in [0.3, 0.4) is 0 Å². The van der Waals surface area contributed by atoms with Crippen LogP contribution in [0.4, 0.5) is 4.39 Å². The Morgan fingerprint density at radius 3 is 2.50 bits per heavy atom. The smallest absolute Gasteiger partial charge is 0.331 e. The van der Waals surface area contributed by atoms with Crippen LogP contribution in [0.25, 0.3) is 6.08 Å². The van der Waals surface area contributed by atoms with E-state index in [9.17, 15) is 18.8 Å². The molecular weight excluding hydrogens is 337 g/mol. The molecule has 0 saturated carbocycles. The summed E-state index contributed by atoms with van der Waals surface area (Å²) in [6.45, 7) is 6.27. The van der Waals surface area contributed by atoms with Crippen molar-refractivity contribution < 1.29 is 23.5 Å². The Labute approximate surface area is 150 Å². The highest BCUT2D eigenvalue weighted by Gasteiger charge is 2.25. The van der Waals surface area contributed by atoms with E-state index in [-0.39, 0.29) is 11.5 Å². The third kappa shape index (κ3) is 4.33. The van der Waals surface area contributed by atoms with E-state index in [4.69, 9.17) is 4.74 Å². The first kappa shape index (κ1) is 19.3. The summed E-state index contributed by atoms with van der Waals surface area (Å²) in [6, 6.07) is 5.73. The van der Waals surface area contributed by atoms with E-state index in [0.29, 0.717) is 22.4 Å². The SMILES string of the molecule is CC(=O)c1c(C)[nH]c(C(=O)[C@H](C)OC(=O)/C=C/c2cccc(F)c2)c1C. The summed E-state index contributed by atoms with van der Waals surface area (Å²) in [5.41, 5.74) is 2.36. The van der Waals surface area contributed by atoms with Gasteiger partial charge >= 0.3 is 5.97 Å². The van der Waals surface area contributed by atoms with Crippen LogP contribution in [0.1, 0.15) is 51.5 Å². The van der Waals surface area contributed by atoms with Gasteiger partial charge < -0.3 is 9.72 Å². The summed E-state index contributed by atoms with van der Waals surface area (Å²) < 4.78 is 18.2. The summed E-state index contributed by atoms with van der Waals surface area (Å²) in [7, 11) is 0. The number of ether oxygens (including phenoxy) is 1. The normalized spacial score (nSPS) is 12.2. The topological polar surface area (TPSA) is 76.2 Å². The van der Waals surface area contributed by atoms with E-state index in [0.717, 1.165) is 6.08 Å². The van der Waals surface area contributed by atoms with Gasteiger partial charge in [-0.15, -0.1) is 0 Å². The minimum Gasteiger partial charge on any atom is -0.451 e. The summed E-state index contributed by atoms with van der Waals surface area (Å²) >= 11 is 0. The van der Waals surface area contributed by atoms with Crippen molar-refractivity contribution in [1.29, 1.82) is 0 Å². The predicted molar refractivity (Wildman–Crippen MR) is 95.6 cm³/mol. The number of H-pyrrole nitrogens is 1. The number of aromatic nitrogens is 1.